The first-order chi connectivity index (χ1) is 8.02. The summed E-state index contributed by atoms with van der Waals surface area (Å²) in [6, 6.07) is 0. The lowest BCUT2D eigenvalue weighted by Crippen LogP contribution is -2.48. The zero-order valence-electron chi connectivity index (χ0n) is 10.5. The lowest BCUT2D eigenvalue weighted by atomic mass is 10.3. The number of nitrogens with zero attached hydrogens (tertiary/aromatic N) is 2. The Labute approximate surface area is 108 Å². The molecule has 5 nitrogen and oxygen atoms in total. The Kier molecular flexibility index (Phi) is 6.22. The van der Waals surface area contributed by atoms with E-state index in [2.05, 4.69) is 6.92 Å². The van der Waals surface area contributed by atoms with Crippen molar-refractivity contribution in [2.24, 2.45) is 0 Å². The summed E-state index contributed by atoms with van der Waals surface area (Å²) in [5.74, 6) is 0.867. The van der Waals surface area contributed by atoms with Crippen LogP contribution in [-0.4, -0.2) is 66.4 Å². The van der Waals surface area contributed by atoms with Gasteiger partial charge in [-0.15, -0.1) is 0 Å². The monoisotopic (exact) mass is 282 g/mol. The van der Waals surface area contributed by atoms with Crippen LogP contribution in [0.2, 0.25) is 0 Å². The first kappa shape index (κ1) is 15.2. The normalized spacial score (nSPS) is 23.2. The summed E-state index contributed by atoms with van der Waals surface area (Å²) in [6.07, 6.45) is 1.48. The highest BCUT2D eigenvalue weighted by molar-refractivity contribution is 8.00. The molecule has 0 saturated carbocycles. The fourth-order valence-corrected chi connectivity index (χ4v) is 4.59. The minimum atomic E-state index is -3.34. The zero-order valence-corrected chi connectivity index (χ0v) is 12.1. The van der Waals surface area contributed by atoms with Crippen LogP contribution in [0.4, 0.5) is 0 Å². The maximum absolute atomic E-state index is 12.2. The van der Waals surface area contributed by atoms with E-state index in [9.17, 15) is 8.42 Å². The van der Waals surface area contributed by atoms with E-state index in [0.29, 0.717) is 31.3 Å². The molecule has 7 heteroatoms. The van der Waals surface area contributed by atoms with Crippen molar-refractivity contribution in [3.05, 3.63) is 0 Å². The minimum Gasteiger partial charge on any atom is -0.396 e. The maximum atomic E-state index is 12.2. The van der Waals surface area contributed by atoms with Crippen molar-refractivity contribution in [1.29, 1.82) is 0 Å². The molecule has 1 N–H and O–H groups in total. The molecule has 1 heterocycles. The van der Waals surface area contributed by atoms with Crippen LogP contribution in [0, 0.1) is 0 Å². The SMILES string of the molecule is CCC1CN(S(=O)(=O)N(C)CCCO)CCS1. The molecule has 0 aliphatic carbocycles. The highest BCUT2D eigenvalue weighted by Crippen LogP contribution is 2.23. The first-order valence-corrected chi connectivity index (χ1v) is 8.40. The van der Waals surface area contributed by atoms with E-state index in [4.69, 9.17) is 5.11 Å². The lowest BCUT2D eigenvalue weighted by molar-refractivity contribution is 0.271. The van der Waals surface area contributed by atoms with Gasteiger partial charge in [0.1, 0.15) is 0 Å². The molecule has 1 unspecified atom stereocenters. The summed E-state index contributed by atoms with van der Waals surface area (Å²) in [5.41, 5.74) is 0. The van der Waals surface area contributed by atoms with Crippen LogP contribution in [0.3, 0.4) is 0 Å². The second kappa shape index (κ2) is 6.94. The Balaban J connectivity index is 2.62. The van der Waals surface area contributed by atoms with Gasteiger partial charge >= 0.3 is 0 Å². The molecule has 1 atom stereocenters. The van der Waals surface area contributed by atoms with Crippen molar-refractivity contribution < 1.29 is 13.5 Å². The number of rotatable bonds is 6. The first-order valence-electron chi connectivity index (χ1n) is 5.96. The Morgan fingerprint density at radius 1 is 1.53 bits per heavy atom. The van der Waals surface area contributed by atoms with E-state index in [1.54, 1.807) is 11.4 Å². The van der Waals surface area contributed by atoms with Gasteiger partial charge in [0.25, 0.3) is 10.2 Å². The fourth-order valence-electron chi connectivity index (χ4n) is 1.75. The second-order valence-electron chi connectivity index (χ2n) is 4.17. The predicted octanol–water partition coefficient (Wildman–Crippen LogP) is 0.373. The summed E-state index contributed by atoms with van der Waals surface area (Å²) >= 11 is 1.85. The Morgan fingerprint density at radius 3 is 2.82 bits per heavy atom. The van der Waals surface area contributed by atoms with Gasteiger partial charge in [-0.05, 0) is 12.8 Å². The van der Waals surface area contributed by atoms with Gasteiger partial charge in [0, 0.05) is 44.3 Å². The fraction of sp³-hybridized carbons (Fsp3) is 1.00. The molecular weight excluding hydrogens is 260 g/mol. The zero-order chi connectivity index (χ0) is 12.9. The minimum absolute atomic E-state index is 0.0211. The smallest absolute Gasteiger partial charge is 0.281 e. The molecule has 0 bridgehead atoms. The summed E-state index contributed by atoms with van der Waals surface area (Å²) in [7, 11) is -1.76. The molecule has 0 amide bonds. The van der Waals surface area contributed by atoms with E-state index in [0.717, 1.165) is 12.2 Å². The van der Waals surface area contributed by atoms with Gasteiger partial charge in [-0.25, -0.2) is 0 Å². The third kappa shape index (κ3) is 4.10. The van der Waals surface area contributed by atoms with E-state index in [1.807, 2.05) is 11.8 Å². The largest absolute Gasteiger partial charge is 0.396 e. The van der Waals surface area contributed by atoms with Crippen LogP contribution in [0.5, 0.6) is 0 Å². The van der Waals surface area contributed by atoms with Gasteiger partial charge < -0.3 is 5.11 Å². The van der Waals surface area contributed by atoms with Crippen LogP contribution in [0.1, 0.15) is 19.8 Å². The second-order valence-corrected chi connectivity index (χ2v) is 7.61. The lowest BCUT2D eigenvalue weighted by Gasteiger charge is -2.33. The summed E-state index contributed by atoms with van der Waals surface area (Å²) in [6.45, 7) is 3.68. The van der Waals surface area contributed by atoms with Crippen molar-refractivity contribution in [1.82, 2.24) is 8.61 Å². The molecule has 1 fully saturated rings. The van der Waals surface area contributed by atoms with Gasteiger partial charge in [-0.1, -0.05) is 6.92 Å². The number of thioether (sulfide) groups is 1. The van der Waals surface area contributed by atoms with Gasteiger partial charge in [-0.3, -0.25) is 0 Å². The highest BCUT2D eigenvalue weighted by Gasteiger charge is 2.31. The average molecular weight is 282 g/mol. The van der Waals surface area contributed by atoms with E-state index < -0.39 is 10.2 Å². The topological polar surface area (TPSA) is 60.9 Å². The number of hydrogen-bond acceptors (Lipinski definition) is 4. The predicted molar refractivity (Wildman–Crippen MR) is 71.4 cm³/mol. The van der Waals surface area contributed by atoms with Crippen LogP contribution in [0.25, 0.3) is 0 Å². The molecule has 1 aliphatic heterocycles. The third-order valence-electron chi connectivity index (χ3n) is 2.91. The Bertz CT molecular complexity index is 322. The van der Waals surface area contributed by atoms with Crippen LogP contribution in [-0.2, 0) is 10.2 Å². The molecular formula is C10H22N2O3S2. The maximum Gasteiger partial charge on any atom is 0.281 e. The van der Waals surface area contributed by atoms with E-state index in [-0.39, 0.29) is 6.61 Å². The van der Waals surface area contributed by atoms with Gasteiger partial charge in [0.15, 0.2) is 0 Å². The van der Waals surface area contributed by atoms with Gasteiger partial charge in [-0.2, -0.15) is 28.8 Å². The standard InChI is InChI=1S/C10H22N2O3S2/c1-3-10-9-12(6-8-16-10)17(14,15)11(2)5-4-7-13/h10,13H,3-9H2,1-2H3. The Morgan fingerprint density at radius 2 is 2.24 bits per heavy atom. The highest BCUT2D eigenvalue weighted by atomic mass is 32.2. The van der Waals surface area contributed by atoms with Crippen LogP contribution in [0.15, 0.2) is 0 Å². The molecule has 0 aromatic rings. The van der Waals surface area contributed by atoms with E-state index in [1.165, 1.54) is 4.31 Å². The molecule has 0 aromatic carbocycles. The third-order valence-corrected chi connectivity index (χ3v) is 6.23. The van der Waals surface area contributed by atoms with Crippen molar-refractivity contribution in [3.63, 3.8) is 0 Å². The Hall–Kier alpha value is 0.180. The molecule has 0 radical (unpaired) electrons. The molecule has 102 valence electrons. The van der Waals surface area contributed by atoms with Crippen molar-refractivity contribution in [2.75, 3.05) is 39.0 Å². The summed E-state index contributed by atoms with van der Waals surface area (Å²) in [5, 5.41) is 9.14. The quantitative estimate of drug-likeness (QED) is 0.765. The summed E-state index contributed by atoms with van der Waals surface area (Å²) < 4.78 is 27.3. The molecule has 1 aliphatic rings. The molecule has 17 heavy (non-hydrogen) atoms. The number of aliphatic hydroxyl groups is 1. The average Bonchev–Trinajstić information content (AvgIpc) is 2.35. The van der Waals surface area contributed by atoms with Crippen molar-refractivity contribution in [2.45, 2.75) is 25.0 Å². The molecule has 0 spiro atoms. The molecule has 0 aromatic heterocycles. The van der Waals surface area contributed by atoms with Crippen LogP contribution >= 0.6 is 11.8 Å². The van der Waals surface area contributed by atoms with E-state index >= 15 is 0 Å². The van der Waals surface area contributed by atoms with Crippen molar-refractivity contribution >= 4 is 22.0 Å². The van der Waals surface area contributed by atoms with Crippen molar-refractivity contribution in [3.8, 4) is 0 Å². The number of aliphatic hydroxyl groups excluding tert-OH is 1. The van der Waals surface area contributed by atoms with Gasteiger partial charge in [0.05, 0.1) is 0 Å². The molecule has 1 saturated heterocycles. The van der Waals surface area contributed by atoms with Gasteiger partial charge in [0.2, 0.25) is 0 Å². The van der Waals surface area contributed by atoms with Crippen LogP contribution < -0.4 is 0 Å². The number of hydrogen-bond donors (Lipinski definition) is 1. The molecule has 1 rings (SSSR count). The summed E-state index contributed by atoms with van der Waals surface area (Å²) in [4.78, 5) is 0.